The standard InChI is InChI=1S/C14H24N4O.ClH/c1-10-12(11(2)18(3)17-10)13(19)16-9-14(15)7-5-4-6-8-14;/h4-9,15H2,1-3H3,(H,16,19);1H. The molecule has 114 valence electrons. The van der Waals surface area contributed by atoms with Crippen molar-refractivity contribution in [3.63, 3.8) is 0 Å². The van der Waals surface area contributed by atoms with Crippen LogP contribution in [-0.2, 0) is 7.05 Å². The Morgan fingerprint density at radius 1 is 1.35 bits per heavy atom. The van der Waals surface area contributed by atoms with Crippen molar-refractivity contribution in [3.8, 4) is 0 Å². The summed E-state index contributed by atoms with van der Waals surface area (Å²) in [6.07, 6.45) is 5.58. The first kappa shape index (κ1) is 17.0. The van der Waals surface area contributed by atoms with Gasteiger partial charge in [0.15, 0.2) is 0 Å². The lowest BCUT2D eigenvalue weighted by Gasteiger charge is -2.33. The van der Waals surface area contributed by atoms with Crippen molar-refractivity contribution in [2.75, 3.05) is 6.54 Å². The van der Waals surface area contributed by atoms with Crippen LogP contribution < -0.4 is 11.1 Å². The van der Waals surface area contributed by atoms with Gasteiger partial charge in [-0.15, -0.1) is 12.4 Å². The van der Waals surface area contributed by atoms with Crippen LogP contribution in [0.1, 0.15) is 53.8 Å². The number of carbonyl (C=O) groups excluding carboxylic acids is 1. The predicted molar refractivity (Wildman–Crippen MR) is 82.3 cm³/mol. The molecule has 5 nitrogen and oxygen atoms in total. The summed E-state index contributed by atoms with van der Waals surface area (Å²) in [6.45, 7) is 4.33. The molecule has 1 fully saturated rings. The van der Waals surface area contributed by atoms with Crippen molar-refractivity contribution in [1.82, 2.24) is 15.1 Å². The number of nitrogens with zero attached hydrogens (tertiary/aromatic N) is 2. The highest BCUT2D eigenvalue weighted by atomic mass is 35.5. The smallest absolute Gasteiger partial charge is 0.255 e. The molecule has 20 heavy (non-hydrogen) atoms. The average molecular weight is 301 g/mol. The van der Waals surface area contributed by atoms with Crippen molar-refractivity contribution in [1.29, 1.82) is 0 Å². The van der Waals surface area contributed by atoms with Crippen LogP contribution in [0.2, 0.25) is 0 Å². The van der Waals surface area contributed by atoms with Gasteiger partial charge in [0, 0.05) is 24.8 Å². The lowest BCUT2D eigenvalue weighted by Crippen LogP contribution is -2.51. The quantitative estimate of drug-likeness (QED) is 0.895. The van der Waals surface area contributed by atoms with Crippen LogP contribution in [0.4, 0.5) is 0 Å². The van der Waals surface area contributed by atoms with Gasteiger partial charge in [0.1, 0.15) is 0 Å². The van der Waals surface area contributed by atoms with E-state index < -0.39 is 0 Å². The van der Waals surface area contributed by atoms with Crippen LogP contribution in [0.5, 0.6) is 0 Å². The second-order valence-electron chi connectivity index (χ2n) is 5.78. The summed E-state index contributed by atoms with van der Waals surface area (Å²) in [4.78, 5) is 12.3. The minimum atomic E-state index is -0.224. The van der Waals surface area contributed by atoms with Gasteiger partial charge in [0.25, 0.3) is 5.91 Å². The van der Waals surface area contributed by atoms with Gasteiger partial charge in [-0.05, 0) is 26.7 Å². The molecule has 1 saturated carbocycles. The highest BCUT2D eigenvalue weighted by Crippen LogP contribution is 2.25. The summed E-state index contributed by atoms with van der Waals surface area (Å²) in [5.74, 6) is -0.0569. The van der Waals surface area contributed by atoms with Gasteiger partial charge in [0.2, 0.25) is 0 Å². The van der Waals surface area contributed by atoms with E-state index in [4.69, 9.17) is 5.73 Å². The number of rotatable bonds is 3. The van der Waals surface area contributed by atoms with E-state index in [9.17, 15) is 4.79 Å². The Kier molecular flexibility index (Phi) is 5.59. The van der Waals surface area contributed by atoms with Crippen LogP contribution in [0.25, 0.3) is 0 Å². The van der Waals surface area contributed by atoms with E-state index in [2.05, 4.69) is 10.4 Å². The van der Waals surface area contributed by atoms with Crippen LogP contribution in [0.3, 0.4) is 0 Å². The largest absolute Gasteiger partial charge is 0.350 e. The second-order valence-corrected chi connectivity index (χ2v) is 5.78. The number of amides is 1. The van der Waals surface area contributed by atoms with Gasteiger partial charge in [-0.25, -0.2) is 0 Å². The SMILES string of the molecule is Cc1nn(C)c(C)c1C(=O)NCC1(N)CCCCC1.Cl. The maximum Gasteiger partial charge on any atom is 0.255 e. The Morgan fingerprint density at radius 2 is 1.95 bits per heavy atom. The lowest BCUT2D eigenvalue weighted by molar-refractivity contribution is 0.0936. The fourth-order valence-electron chi connectivity index (χ4n) is 2.88. The summed E-state index contributed by atoms with van der Waals surface area (Å²) in [5.41, 5.74) is 8.45. The van der Waals surface area contributed by atoms with Crippen molar-refractivity contribution >= 4 is 18.3 Å². The molecular weight excluding hydrogens is 276 g/mol. The number of aryl methyl sites for hydroxylation is 2. The van der Waals surface area contributed by atoms with Gasteiger partial charge >= 0.3 is 0 Å². The summed E-state index contributed by atoms with van der Waals surface area (Å²) in [6, 6.07) is 0. The van der Waals surface area contributed by atoms with E-state index in [1.54, 1.807) is 4.68 Å². The van der Waals surface area contributed by atoms with Crippen molar-refractivity contribution in [2.45, 2.75) is 51.5 Å². The minimum absolute atomic E-state index is 0. The Bertz CT molecular complexity index is 478. The normalized spacial score (nSPS) is 17.4. The van der Waals surface area contributed by atoms with Crippen molar-refractivity contribution < 1.29 is 4.79 Å². The van der Waals surface area contributed by atoms with E-state index in [0.29, 0.717) is 12.1 Å². The number of nitrogens with one attached hydrogen (secondary N) is 1. The molecule has 2 rings (SSSR count). The third-order valence-corrected chi connectivity index (χ3v) is 4.19. The van der Waals surface area contributed by atoms with Gasteiger partial charge in [0.05, 0.1) is 11.3 Å². The van der Waals surface area contributed by atoms with E-state index in [-0.39, 0.29) is 23.9 Å². The summed E-state index contributed by atoms with van der Waals surface area (Å²) in [5, 5.41) is 7.26. The molecule has 0 aliphatic heterocycles. The van der Waals surface area contributed by atoms with Gasteiger partial charge < -0.3 is 11.1 Å². The maximum absolute atomic E-state index is 12.3. The van der Waals surface area contributed by atoms with E-state index >= 15 is 0 Å². The fourth-order valence-corrected chi connectivity index (χ4v) is 2.88. The Balaban J connectivity index is 0.00000200. The maximum atomic E-state index is 12.3. The summed E-state index contributed by atoms with van der Waals surface area (Å²) >= 11 is 0. The average Bonchev–Trinajstić information content (AvgIpc) is 2.62. The molecule has 0 unspecified atom stereocenters. The lowest BCUT2D eigenvalue weighted by atomic mass is 9.82. The number of halogens is 1. The zero-order chi connectivity index (χ0) is 14.0. The number of hydrogen-bond acceptors (Lipinski definition) is 3. The monoisotopic (exact) mass is 300 g/mol. The molecule has 1 aliphatic carbocycles. The fraction of sp³-hybridized carbons (Fsp3) is 0.714. The first-order chi connectivity index (χ1) is 8.93. The van der Waals surface area contributed by atoms with Crippen LogP contribution >= 0.6 is 12.4 Å². The molecule has 3 N–H and O–H groups in total. The number of aromatic nitrogens is 2. The summed E-state index contributed by atoms with van der Waals surface area (Å²) < 4.78 is 1.74. The first-order valence-electron chi connectivity index (χ1n) is 7.00. The van der Waals surface area contributed by atoms with Crippen molar-refractivity contribution in [2.24, 2.45) is 12.8 Å². The molecule has 0 atom stereocenters. The molecule has 1 aromatic heterocycles. The molecule has 0 aromatic carbocycles. The highest BCUT2D eigenvalue weighted by Gasteiger charge is 2.28. The molecule has 0 radical (unpaired) electrons. The third kappa shape index (κ3) is 3.52. The molecule has 1 aromatic rings. The zero-order valence-electron chi connectivity index (χ0n) is 12.5. The topological polar surface area (TPSA) is 72.9 Å². The number of nitrogens with two attached hydrogens (primary N) is 1. The third-order valence-electron chi connectivity index (χ3n) is 4.19. The molecule has 1 amide bonds. The molecular formula is C14H25ClN4O. The van der Waals surface area contributed by atoms with Gasteiger partial charge in [-0.1, -0.05) is 19.3 Å². The molecule has 0 bridgehead atoms. The zero-order valence-corrected chi connectivity index (χ0v) is 13.3. The van der Waals surface area contributed by atoms with Crippen LogP contribution in [0.15, 0.2) is 0 Å². The van der Waals surface area contributed by atoms with E-state index in [1.807, 2.05) is 20.9 Å². The van der Waals surface area contributed by atoms with E-state index in [0.717, 1.165) is 37.1 Å². The highest BCUT2D eigenvalue weighted by molar-refractivity contribution is 5.96. The molecule has 0 spiro atoms. The second kappa shape index (κ2) is 6.59. The Morgan fingerprint density at radius 3 is 2.45 bits per heavy atom. The van der Waals surface area contributed by atoms with Crippen LogP contribution in [-0.4, -0.2) is 27.8 Å². The molecule has 0 saturated heterocycles. The first-order valence-corrected chi connectivity index (χ1v) is 7.00. The van der Waals surface area contributed by atoms with Crippen molar-refractivity contribution in [3.05, 3.63) is 17.0 Å². The van der Waals surface area contributed by atoms with Crippen LogP contribution in [0, 0.1) is 13.8 Å². The summed E-state index contributed by atoms with van der Waals surface area (Å²) in [7, 11) is 1.85. The van der Waals surface area contributed by atoms with E-state index in [1.165, 1.54) is 6.42 Å². The number of carbonyl (C=O) groups is 1. The van der Waals surface area contributed by atoms with Gasteiger partial charge in [-0.3, -0.25) is 9.48 Å². The Labute approximate surface area is 126 Å². The molecule has 1 heterocycles. The molecule has 1 aliphatic rings. The molecule has 6 heteroatoms. The number of hydrogen-bond donors (Lipinski definition) is 2. The minimum Gasteiger partial charge on any atom is -0.350 e. The predicted octanol–water partition coefficient (Wildman–Crippen LogP) is 1.85. The van der Waals surface area contributed by atoms with Gasteiger partial charge in [-0.2, -0.15) is 5.10 Å². The Hall–Kier alpha value is -1.07.